The number of carbonyl (C=O) groups is 1. The standard InChI is InChI=1S/C13H16Cl4N2O/c1-12(2,3)19-11(13(15,16)17)18-10(20)8-6-4-5-7-9(8)14/h4-7,11,19H,1-3H3,(H,18,20)/p+1/t11-/m0/s1. The van der Waals surface area contributed by atoms with Crippen LogP contribution >= 0.6 is 46.4 Å². The minimum absolute atomic E-state index is 0.220. The Bertz CT molecular complexity index is 480. The Morgan fingerprint density at radius 3 is 2.20 bits per heavy atom. The molecule has 0 saturated heterocycles. The fraction of sp³-hybridized carbons (Fsp3) is 0.462. The highest BCUT2D eigenvalue weighted by molar-refractivity contribution is 6.68. The number of rotatable bonds is 3. The number of quaternary nitrogens is 1. The van der Waals surface area contributed by atoms with Crippen LogP contribution < -0.4 is 10.6 Å². The van der Waals surface area contributed by atoms with Crippen LogP contribution in [-0.4, -0.2) is 21.4 Å². The van der Waals surface area contributed by atoms with Gasteiger partial charge in [0.2, 0.25) is 6.17 Å². The number of alkyl halides is 3. The van der Waals surface area contributed by atoms with E-state index in [-0.39, 0.29) is 11.4 Å². The molecular weight excluding hydrogens is 342 g/mol. The fourth-order valence-corrected chi connectivity index (χ4v) is 2.16. The van der Waals surface area contributed by atoms with Gasteiger partial charge in [0, 0.05) is 0 Å². The molecule has 0 saturated carbocycles. The second-order valence-corrected chi connectivity index (χ2v) is 8.28. The molecular formula is C13H17Cl4N2O+. The average Bonchev–Trinajstić information content (AvgIpc) is 2.25. The molecule has 3 N–H and O–H groups in total. The summed E-state index contributed by atoms with van der Waals surface area (Å²) in [6.45, 7) is 5.87. The summed E-state index contributed by atoms with van der Waals surface area (Å²) in [5.41, 5.74) is 0.123. The van der Waals surface area contributed by atoms with Gasteiger partial charge in [0.1, 0.15) is 0 Å². The summed E-state index contributed by atoms with van der Waals surface area (Å²) in [6, 6.07) is 6.71. The normalized spacial score (nSPS) is 13.9. The van der Waals surface area contributed by atoms with Crippen LogP contribution in [-0.2, 0) is 0 Å². The van der Waals surface area contributed by atoms with Crippen LogP contribution in [0.4, 0.5) is 0 Å². The van der Waals surface area contributed by atoms with Gasteiger partial charge < -0.3 is 5.32 Å². The molecule has 0 aliphatic heterocycles. The van der Waals surface area contributed by atoms with Crippen LogP contribution in [0.25, 0.3) is 0 Å². The molecule has 0 unspecified atom stereocenters. The van der Waals surface area contributed by atoms with E-state index in [2.05, 4.69) is 5.32 Å². The third-order valence-corrected chi connectivity index (χ3v) is 3.46. The SMILES string of the molecule is CC(C)(C)[NH2+][C@H](NC(=O)c1ccccc1Cl)C(Cl)(Cl)Cl. The zero-order valence-electron chi connectivity index (χ0n) is 11.4. The number of hydrogen-bond acceptors (Lipinski definition) is 1. The van der Waals surface area contributed by atoms with Crippen LogP contribution in [0.5, 0.6) is 0 Å². The number of carbonyl (C=O) groups excluding carboxylic acids is 1. The number of nitrogens with one attached hydrogen (secondary N) is 1. The molecule has 0 bridgehead atoms. The number of hydrogen-bond donors (Lipinski definition) is 2. The Kier molecular flexibility index (Phi) is 6.00. The lowest BCUT2D eigenvalue weighted by atomic mass is 10.1. The van der Waals surface area contributed by atoms with Crippen molar-refractivity contribution in [2.24, 2.45) is 0 Å². The number of halogens is 4. The molecule has 1 rings (SSSR count). The topological polar surface area (TPSA) is 45.7 Å². The molecule has 0 heterocycles. The van der Waals surface area contributed by atoms with E-state index >= 15 is 0 Å². The average molecular weight is 359 g/mol. The lowest BCUT2D eigenvalue weighted by Gasteiger charge is -2.29. The molecule has 0 spiro atoms. The summed E-state index contributed by atoms with van der Waals surface area (Å²) in [5, 5.41) is 4.83. The minimum atomic E-state index is -1.63. The first kappa shape index (κ1) is 17.9. The van der Waals surface area contributed by atoms with Gasteiger partial charge in [-0.15, -0.1) is 0 Å². The van der Waals surface area contributed by atoms with Gasteiger partial charge in [-0.25, -0.2) is 0 Å². The van der Waals surface area contributed by atoms with Gasteiger partial charge >= 0.3 is 0 Å². The molecule has 3 nitrogen and oxygen atoms in total. The van der Waals surface area contributed by atoms with Gasteiger partial charge in [0.25, 0.3) is 9.70 Å². The highest BCUT2D eigenvalue weighted by Gasteiger charge is 2.40. The highest BCUT2D eigenvalue weighted by Crippen LogP contribution is 2.28. The van der Waals surface area contributed by atoms with Crippen molar-refractivity contribution in [3.05, 3.63) is 34.9 Å². The quantitative estimate of drug-likeness (QED) is 0.632. The van der Waals surface area contributed by atoms with Crippen LogP contribution in [0.2, 0.25) is 5.02 Å². The molecule has 7 heteroatoms. The van der Waals surface area contributed by atoms with Gasteiger partial charge in [0.05, 0.1) is 16.1 Å². The highest BCUT2D eigenvalue weighted by atomic mass is 35.6. The van der Waals surface area contributed by atoms with Crippen LogP contribution in [0, 0.1) is 0 Å². The first-order valence-electron chi connectivity index (χ1n) is 5.99. The van der Waals surface area contributed by atoms with Gasteiger partial charge in [0.15, 0.2) is 0 Å². The van der Waals surface area contributed by atoms with Gasteiger partial charge in [-0.2, -0.15) is 0 Å². The Morgan fingerprint density at radius 2 is 1.75 bits per heavy atom. The van der Waals surface area contributed by atoms with E-state index in [4.69, 9.17) is 46.4 Å². The molecule has 0 aromatic heterocycles. The van der Waals surface area contributed by atoms with Gasteiger partial charge in [-0.3, -0.25) is 10.1 Å². The molecule has 1 atom stereocenters. The van der Waals surface area contributed by atoms with E-state index in [0.29, 0.717) is 10.6 Å². The van der Waals surface area contributed by atoms with Crippen molar-refractivity contribution in [2.75, 3.05) is 0 Å². The van der Waals surface area contributed by atoms with Crippen molar-refractivity contribution >= 4 is 52.3 Å². The summed E-state index contributed by atoms with van der Waals surface area (Å²) in [4.78, 5) is 12.2. The maximum absolute atomic E-state index is 12.2. The molecule has 1 amide bonds. The van der Waals surface area contributed by atoms with E-state index in [1.54, 1.807) is 29.6 Å². The van der Waals surface area contributed by atoms with Gasteiger partial charge in [-0.05, 0) is 32.9 Å². The second-order valence-electron chi connectivity index (χ2n) is 5.51. The molecule has 1 aromatic rings. The molecule has 112 valence electrons. The lowest BCUT2D eigenvalue weighted by molar-refractivity contribution is -0.749. The Hall–Kier alpha value is -0.190. The van der Waals surface area contributed by atoms with Crippen molar-refractivity contribution in [1.29, 1.82) is 0 Å². The first-order valence-corrected chi connectivity index (χ1v) is 7.50. The number of amides is 1. The summed E-state index contributed by atoms with van der Waals surface area (Å²) < 4.78 is -1.63. The molecule has 0 aliphatic rings. The number of benzene rings is 1. The van der Waals surface area contributed by atoms with Crippen molar-refractivity contribution in [2.45, 2.75) is 36.3 Å². The molecule has 1 aromatic carbocycles. The Labute approximate surface area is 138 Å². The molecule has 0 radical (unpaired) electrons. The molecule has 0 aliphatic carbocycles. The summed E-state index contributed by atoms with van der Waals surface area (Å²) in [5.74, 6) is -0.382. The van der Waals surface area contributed by atoms with E-state index < -0.39 is 9.96 Å². The largest absolute Gasteiger partial charge is 0.319 e. The zero-order valence-corrected chi connectivity index (χ0v) is 14.4. The maximum Gasteiger partial charge on any atom is 0.262 e. The van der Waals surface area contributed by atoms with Crippen LogP contribution in [0.15, 0.2) is 24.3 Å². The summed E-state index contributed by atoms with van der Waals surface area (Å²) in [7, 11) is 0. The third-order valence-electron chi connectivity index (χ3n) is 2.42. The second kappa shape index (κ2) is 6.71. The lowest BCUT2D eigenvalue weighted by Crippen LogP contribution is -3.03. The molecule has 0 fully saturated rings. The van der Waals surface area contributed by atoms with Crippen molar-refractivity contribution in [1.82, 2.24) is 5.32 Å². The summed E-state index contributed by atoms with van der Waals surface area (Å²) in [6.07, 6.45) is -0.726. The van der Waals surface area contributed by atoms with Crippen LogP contribution in [0.1, 0.15) is 31.1 Å². The zero-order chi connectivity index (χ0) is 15.6. The van der Waals surface area contributed by atoms with Crippen LogP contribution in [0.3, 0.4) is 0 Å². The monoisotopic (exact) mass is 357 g/mol. The van der Waals surface area contributed by atoms with Crippen molar-refractivity contribution in [3.8, 4) is 0 Å². The van der Waals surface area contributed by atoms with Gasteiger partial charge in [-0.1, -0.05) is 58.5 Å². The maximum atomic E-state index is 12.2. The summed E-state index contributed by atoms with van der Waals surface area (Å²) >= 11 is 23.8. The minimum Gasteiger partial charge on any atom is -0.319 e. The predicted molar refractivity (Wildman–Crippen MR) is 84.7 cm³/mol. The van der Waals surface area contributed by atoms with E-state index in [9.17, 15) is 4.79 Å². The van der Waals surface area contributed by atoms with E-state index in [1.807, 2.05) is 20.8 Å². The predicted octanol–water partition coefficient (Wildman–Crippen LogP) is 3.13. The molecule has 20 heavy (non-hydrogen) atoms. The third kappa shape index (κ3) is 5.66. The van der Waals surface area contributed by atoms with E-state index in [0.717, 1.165) is 0 Å². The first-order chi connectivity index (χ1) is 9.00. The van der Waals surface area contributed by atoms with Crippen molar-refractivity contribution in [3.63, 3.8) is 0 Å². The number of nitrogens with two attached hydrogens (primary N) is 1. The van der Waals surface area contributed by atoms with Crippen molar-refractivity contribution < 1.29 is 10.1 Å². The smallest absolute Gasteiger partial charge is 0.262 e. The Morgan fingerprint density at radius 1 is 1.20 bits per heavy atom. The fourth-order valence-electron chi connectivity index (χ4n) is 1.58. The van der Waals surface area contributed by atoms with E-state index in [1.165, 1.54) is 0 Å². The Balaban J connectivity index is 2.91.